The van der Waals surface area contributed by atoms with E-state index in [-0.39, 0.29) is 5.41 Å². The highest BCUT2D eigenvalue weighted by atomic mass is 32.1. The summed E-state index contributed by atoms with van der Waals surface area (Å²) < 4.78 is 0. The molecule has 0 aromatic carbocycles. The summed E-state index contributed by atoms with van der Waals surface area (Å²) in [5.74, 6) is -0.695. The summed E-state index contributed by atoms with van der Waals surface area (Å²) in [6, 6.07) is 0. The summed E-state index contributed by atoms with van der Waals surface area (Å²) in [7, 11) is 1.00. The van der Waals surface area contributed by atoms with Crippen LogP contribution in [0.2, 0.25) is 0 Å². The van der Waals surface area contributed by atoms with Gasteiger partial charge in [0.25, 0.3) is 0 Å². The molecule has 0 aliphatic heterocycles. The first kappa shape index (κ1) is 21.8. The van der Waals surface area contributed by atoms with Gasteiger partial charge in [-0.05, 0) is 30.9 Å². The van der Waals surface area contributed by atoms with Crippen molar-refractivity contribution in [2.75, 3.05) is 13.4 Å². The Labute approximate surface area is 111 Å². The van der Waals surface area contributed by atoms with E-state index in [1.54, 1.807) is 6.26 Å². The molecule has 0 atom stereocenters. The van der Waals surface area contributed by atoms with Crippen LogP contribution >= 0.6 is 12.6 Å². The van der Waals surface area contributed by atoms with E-state index in [1.807, 2.05) is 0 Å². The number of aliphatic hydroxyl groups excluding tert-OH is 1. The molecule has 0 aliphatic carbocycles. The summed E-state index contributed by atoms with van der Waals surface area (Å²) in [5, 5.41) is 15.4. The Morgan fingerprint density at radius 1 is 1.18 bits per heavy atom. The molecule has 0 rings (SSSR count). The van der Waals surface area contributed by atoms with Crippen LogP contribution in [0, 0.1) is 5.41 Å². The van der Waals surface area contributed by atoms with Crippen molar-refractivity contribution in [3.8, 4) is 0 Å². The van der Waals surface area contributed by atoms with E-state index in [2.05, 4.69) is 45.6 Å². The molecule has 0 radical (unpaired) electrons. The van der Waals surface area contributed by atoms with Crippen LogP contribution in [0.5, 0.6) is 0 Å². The van der Waals surface area contributed by atoms with Crippen molar-refractivity contribution in [1.82, 2.24) is 0 Å². The molecule has 4 heteroatoms. The summed E-state index contributed by atoms with van der Waals surface area (Å²) >= 11 is 3.53. The molecule has 0 amide bonds. The van der Waals surface area contributed by atoms with Crippen molar-refractivity contribution >= 4 is 18.6 Å². The van der Waals surface area contributed by atoms with Crippen molar-refractivity contribution in [2.24, 2.45) is 5.41 Å². The lowest BCUT2D eigenvalue weighted by Crippen LogP contribution is -1.98. The fraction of sp³-hybridized carbons (Fsp3) is 0.769. The van der Waals surface area contributed by atoms with Gasteiger partial charge < -0.3 is 10.2 Å². The summed E-state index contributed by atoms with van der Waals surface area (Å²) in [5.41, 5.74) is 0.243. The second-order valence-corrected chi connectivity index (χ2v) is 4.41. The molecule has 0 aromatic heterocycles. The minimum atomic E-state index is -0.695. The van der Waals surface area contributed by atoms with E-state index in [9.17, 15) is 4.79 Å². The molecular weight excluding hydrogens is 236 g/mol. The van der Waals surface area contributed by atoms with Crippen LogP contribution in [0.25, 0.3) is 0 Å². The molecule has 0 bridgehead atoms. The maximum Gasteiger partial charge on any atom is 0.303 e. The molecule has 0 saturated carbocycles. The third-order valence-electron chi connectivity index (χ3n) is 1.63. The molecule has 0 spiro atoms. The molecule has 3 nitrogen and oxygen atoms in total. The van der Waals surface area contributed by atoms with Crippen molar-refractivity contribution in [1.29, 1.82) is 0 Å². The maximum atomic E-state index is 10.2. The Morgan fingerprint density at radius 3 is 2.00 bits per heavy atom. The van der Waals surface area contributed by atoms with Gasteiger partial charge in [0, 0.05) is 13.5 Å². The molecule has 0 heterocycles. The molecule has 0 unspecified atom stereocenters. The Morgan fingerprint density at radius 2 is 1.65 bits per heavy atom. The Kier molecular flexibility index (Phi) is 19.9. The number of carboxylic acids is 1. The van der Waals surface area contributed by atoms with Gasteiger partial charge in [-0.25, -0.2) is 0 Å². The second kappa shape index (κ2) is 15.5. The Hall–Kier alpha value is -0.480. The van der Waals surface area contributed by atoms with Gasteiger partial charge >= 0.3 is 5.97 Å². The number of thiol groups is 1. The van der Waals surface area contributed by atoms with E-state index in [0.29, 0.717) is 6.42 Å². The SMILES string of the molecule is CC(C)(C)/C=C/CCCCC(=O)O.CO.CS. The van der Waals surface area contributed by atoms with E-state index >= 15 is 0 Å². The first-order valence-corrected chi connectivity index (χ1v) is 6.60. The lowest BCUT2D eigenvalue weighted by molar-refractivity contribution is -0.137. The van der Waals surface area contributed by atoms with Crippen LogP contribution in [0.15, 0.2) is 12.2 Å². The van der Waals surface area contributed by atoms with E-state index in [4.69, 9.17) is 10.2 Å². The summed E-state index contributed by atoms with van der Waals surface area (Å²) in [4.78, 5) is 10.2. The van der Waals surface area contributed by atoms with E-state index in [0.717, 1.165) is 26.4 Å². The first-order chi connectivity index (χ1) is 7.92. The lowest BCUT2D eigenvalue weighted by Gasteiger charge is -2.10. The van der Waals surface area contributed by atoms with Crippen LogP contribution in [0.3, 0.4) is 0 Å². The molecule has 0 aromatic rings. The van der Waals surface area contributed by atoms with Crippen LogP contribution in [0.4, 0.5) is 0 Å². The second-order valence-electron chi connectivity index (χ2n) is 4.41. The zero-order chi connectivity index (χ0) is 14.3. The summed E-state index contributed by atoms with van der Waals surface area (Å²) in [6.07, 6.45) is 9.05. The van der Waals surface area contributed by atoms with E-state index < -0.39 is 5.97 Å². The largest absolute Gasteiger partial charge is 0.481 e. The molecule has 0 fully saturated rings. The minimum Gasteiger partial charge on any atom is -0.481 e. The number of rotatable bonds is 5. The van der Waals surface area contributed by atoms with Gasteiger partial charge in [-0.15, -0.1) is 0 Å². The van der Waals surface area contributed by atoms with Crippen LogP contribution < -0.4 is 0 Å². The van der Waals surface area contributed by atoms with Crippen molar-refractivity contribution in [3.63, 3.8) is 0 Å². The number of carboxylic acid groups (broad SMARTS) is 1. The number of aliphatic hydroxyl groups is 1. The highest BCUT2D eigenvalue weighted by Crippen LogP contribution is 2.15. The zero-order valence-corrected chi connectivity index (χ0v) is 12.6. The zero-order valence-electron chi connectivity index (χ0n) is 11.7. The third kappa shape index (κ3) is 31.3. The monoisotopic (exact) mass is 264 g/mol. The quantitative estimate of drug-likeness (QED) is 0.405. The molecule has 0 saturated heterocycles. The number of carbonyl (C=O) groups is 1. The maximum absolute atomic E-state index is 10.2. The minimum absolute atomic E-state index is 0.243. The van der Waals surface area contributed by atoms with Gasteiger partial charge in [0.05, 0.1) is 0 Å². The molecule has 2 N–H and O–H groups in total. The van der Waals surface area contributed by atoms with Gasteiger partial charge in [0.1, 0.15) is 0 Å². The average molecular weight is 264 g/mol. The van der Waals surface area contributed by atoms with Gasteiger partial charge in [-0.3, -0.25) is 4.79 Å². The van der Waals surface area contributed by atoms with Crippen molar-refractivity contribution in [2.45, 2.75) is 46.5 Å². The average Bonchev–Trinajstić information content (AvgIpc) is 2.27. The fourth-order valence-electron chi connectivity index (χ4n) is 0.975. The lowest BCUT2D eigenvalue weighted by atomic mass is 9.96. The standard InChI is InChI=1S/C11H20O2.CH4O.CH4S/c1-11(2,3)9-7-5-4-6-8-10(12)13;2*1-2/h7,9H,4-6,8H2,1-3H3,(H,12,13);2*2H,1H3/b9-7+;;. The molecule has 104 valence electrons. The van der Waals surface area contributed by atoms with Crippen LogP contribution in [-0.4, -0.2) is 29.5 Å². The number of allylic oxidation sites excluding steroid dienone is 2. The van der Waals surface area contributed by atoms with Gasteiger partial charge in [-0.2, -0.15) is 12.6 Å². The van der Waals surface area contributed by atoms with Crippen LogP contribution in [0.1, 0.15) is 46.5 Å². The highest BCUT2D eigenvalue weighted by molar-refractivity contribution is 7.79. The van der Waals surface area contributed by atoms with Crippen molar-refractivity contribution in [3.05, 3.63) is 12.2 Å². The Balaban J connectivity index is -0.000000439. The number of unbranched alkanes of at least 4 members (excludes halogenated alkanes) is 2. The van der Waals surface area contributed by atoms with Gasteiger partial charge in [0.15, 0.2) is 0 Å². The smallest absolute Gasteiger partial charge is 0.303 e. The summed E-state index contributed by atoms with van der Waals surface area (Å²) in [6.45, 7) is 6.46. The number of aliphatic carboxylic acids is 1. The first-order valence-electron chi connectivity index (χ1n) is 5.71. The number of hydrogen-bond donors (Lipinski definition) is 3. The highest BCUT2D eigenvalue weighted by Gasteiger charge is 2.02. The molecule has 0 aliphatic rings. The van der Waals surface area contributed by atoms with Gasteiger partial charge in [-0.1, -0.05) is 32.9 Å². The molecular formula is C13H28O3S. The Bertz CT molecular complexity index is 184. The predicted molar refractivity (Wildman–Crippen MR) is 77.8 cm³/mol. The normalized spacial score (nSPS) is 10.1. The third-order valence-corrected chi connectivity index (χ3v) is 1.63. The van der Waals surface area contributed by atoms with Crippen LogP contribution in [-0.2, 0) is 4.79 Å². The van der Waals surface area contributed by atoms with Gasteiger partial charge in [0.2, 0.25) is 0 Å². The molecule has 17 heavy (non-hydrogen) atoms. The van der Waals surface area contributed by atoms with E-state index in [1.165, 1.54) is 0 Å². The number of hydrogen-bond acceptors (Lipinski definition) is 3. The topological polar surface area (TPSA) is 57.5 Å². The fourth-order valence-corrected chi connectivity index (χ4v) is 0.975. The predicted octanol–water partition coefficient (Wildman–Crippen LogP) is 3.39. The van der Waals surface area contributed by atoms with Crippen molar-refractivity contribution < 1.29 is 15.0 Å².